The molecule has 0 aliphatic rings. The lowest BCUT2D eigenvalue weighted by Gasteiger charge is -1.69. The topological polar surface area (TPSA) is 34.1 Å². The molecule has 48 valence electrons. The fraction of sp³-hybridized carbons (Fsp3) is 0. The maximum atomic E-state index is 10.2. The Morgan fingerprint density at radius 3 is 2.33 bits per heavy atom. The Bertz CT molecular complexity index is 270. The van der Waals surface area contributed by atoms with Crippen molar-refractivity contribution >= 4 is 35.2 Å². The van der Waals surface area contributed by atoms with Gasteiger partial charge in [0.05, 0.1) is 4.34 Å². The van der Waals surface area contributed by atoms with Gasteiger partial charge < -0.3 is 0 Å². The van der Waals surface area contributed by atoms with Crippen LogP contribution in [0.2, 0.25) is 4.34 Å². The van der Waals surface area contributed by atoms with Crippen molar-refractivity contribution in [2.75, 3.05) is 0 Å². The number of halogens is 1. The van der Waals surface area contributed by atoms with Gasteiger partial charge in [-0.3, -0.25) is 0 Å². The van der Waals surface area contributed by atoms with Crippen molar-refractivity contribution < 1.29 is 9.13 Å². The highest BCUT2D eigenvalue weighted by molar-refractivity contribution is 7.52. The summed E-state index contributed by atoms with van der Waals surface area (Å²) >= 11 is 6.52. The third kappa shape index (κ3) is 1.65. The Hall–Kier alpha value is -0.110. The minimum atomic E-state index is -2.44. The molecular formula is C4H2ClO2PS. The van der Waals surface area contributed by atoms with E-state index in [1.165, 1.54) is 6.07 Å². The Morgan fingerprint density at radius 1 is 1.44 bits per heavy atom. The van der Waals surface area contributed by atoms with Crippen molar-refractivity contribution in [1.82, 2.24) is 0 Å². The molecule has 1 rings (SSSR count). The summed E-state index contributed by atoms with van der Waals surface area (Å²) in [6, 6.07) is 3.05. The van der Waals surface area contributed by atoms with E-state index in [2.05, 4.69) is 0 Å². The summed E-state index contributed by atoms with van der Waals surface area (Å²) in [4.78, 5) is 0. The summed E-state index contributed by atoms with van der Waals surface area (Å²) in [7, 11) is -2.44. The van der Waals surface area contributed by atoms with E-state index in [1.54, 1.807) is 6.07 Å². The molecule has 2 nitrogen and oxygen atoms in total. The monoisotopic (exact) mass is 180 g/mol. The molecule has 9 heavy (non-hydrogen) atoms. The van der Waals surface area contributed by atoms with Gasteiger partial charge in [-0.15, -0.1) is 11.3 Å². The smallest absolute Gasteiger partial charge is 0.231 e. The van der Waals surface area contributed by atoms with E-state index in [0.29, 0.717) is 8.95 Å². The molecule has 1 heterocycles. The summed E-state index contributed by atoms with van der Waals surface area (Å²) in [5, 5.41) is 0. The van der Waals surface area contributed by atoms with Crippen molar-refractivity contribution in [2.45, 2.75) is 0 Å². The Labute approximate surface area is 61.3 Å². The van der Waals surface area contributed by atoms with Crippen molar-refractivity contribution in [3.63, 3.8) is 0 Å². The molecule has 1 aromatic rings. The molecular weight excluding hydrogens is 179 g/mol. The molecule has 0 amide bonds. The van der Waals surface area contributed by atoms with Crippen LogP contribution in [-0.4, -0.2) is 0 Å². The average molecular weight is 181 g/mol. The minimum absolute atomic E-state index is 0.315. The number of rotatable bonds is 1. The molecule has 0 atom stereocenters. The highest BCUT2D eigenvalue weighted by Crippen LogP contribution is 2.19. The molecule has 0 aliphatic heterocycles. The molecule has 0 aromatic carbocycles. The van der Waals surface area contributed by atoms with Gasteiger partial charge in [0.2, 0.25) is 0 Å². The molecule has 0 N–H and O–H groups in total. The van der Waals surface area contributed by atoms with Crippen LogP contribution in [0.15, 0.2) is 12.1 Å². The van der Waals surface area contributed by atoms with Crippen LogP contribution in [-0.2, 0) is 9.13 Å². The predicted molar refractivity (Wildman–Crippen MR) is 37.3 cm³/mol. The van der Waals surface area contributed by atoms with Gasteiger partial charge in [0.15, 0.2) is 0 Å². The second-order valence-corrected chi connectivity index (χ2v) is 4.35. The van der Waals surface area contributed by atoms with Gasteiger partial charge in [0.25, 0.3) is 0 Å². The quantitative estimate of drug-likeness (QED) is 0.621. The van der Waals surface area contributed by atoms with Gasteiger partial charge in [0, 0.05) is 0 Å². The molecule has 0 saturated carbocycles. The zero-order chi connectivity index (χ0) is 6.85. The highest BCUT2D eigenvalue weighted by Gasteiger charge is 2.00. The van der Waals surface area contributed by atoms with Crippen LogP contribution in [0, 0.1) is 0 Å². The second-order valence-electron chi connectivity index (χ2n) is 1.33. The third-order valence-electron chi connectivity index (χ3n) is 0.739. The predicted octanol–water partition coefficient (Wildman–Crippen LogP) is 2.20. The van der Waals surface area contributed by atoms with Crippen molar-refractivity contribution in [3.8, 4) is 0 Å². The van der Waals surface area contributed by atoms with E-state index in [0.717, 1.165) is 11.3 Å². The molecule has 0 bridgehead atoms. The first-order valence-corrected chi connectivity index (χ1v) is 4.47. The summed E-state index contributed by atoms with van der Waals surface area (Å²) in [5.74, 6) is 0. The largest absolute Gasteiger partial charge is 0.358 e. The van der Waals surface area contributed by atoms with Crippen LogP contribution < -0.4 is 4.62 Å². The fourth-order valence-electron chi connectivity index (χ4n) is 0.403. The van der Waals surface area contributed by atoms with Crippen molar-refractivity contribution in [2.24, 2.45) is 0 Å². The van der Waals surface area contributed by atoms with E-state index in [4.69, 9.17) is 11.6 Å². The molecule has 0 fully saturated rings. The van der Waals surface area contributed by atoms with Crippen LogP contribution in [0.25, 0.3) is 0 Å². The normalized spacial score (nSPS) is 9.44. The Kier molecular flexibility index (Phi) is 2.06. The van der Waals surface area contributed by atoms with E-state index in [-0.39, 0.29) is 0 Å². The zero-order valence-corrected chi connectivity index (χ0v) is 6.67. The van der Waals surface area contributed by atoms with Crippen LogP contribution in [0.1, 0.15) is 0 Å². The van der Waals surface area contributed by atoms with E-state index in [9.17, 15) is 9.13 Å². The standard InChI is InChI=1S/C4H2ClO2PS/c5-3-1-2-4(9-3)8(6)7/h1-2H. The van der Waals surface area contributed by atoms with Crippen LogP contribution in [0.5, 0.6) is 0 Å². The van der Waals surface area contributed by atoms with Gasteiger partial charge >= 0.3 is 7.68 Å². The second kappa shape index (κ2) is 2.65. The Morgan fingerprint density at radius 2 is 2.11 bits per heavy atom. The van der Waals surface area contributed by atoms with Crippen LogP contribution in [0.3, 0.4) is 0 Å². The third-order valence-corrected chi connectivity index (χ3v) is 3.00. The molecule has 0 spiro atoms. The SMILES string of the molecule is O=P(=O)c1ccc(Cl)s1. The fourth-order valence-corrected chi connectivity index (χ4v) is 2.14. The molecule has 0 unspecified atom stereocenters. The summed E-state index contributed by atoms with van der Waals surface area (Å²) < 4.78 is 21.2. The van der Waals surface area contributed by atoms with Gasteiger partial charge in [-0.2, -0.15) is 0 Å². The molecule has 5 heteroatoms. The van der Waals surface area contributed by atoms with E-state index in [1.807, 2.05) is 0 Å². The molecule has 0 radical (unpaired) electrons. The zero-order valence-electron chi connectivity index (χ0n) is 4.20. The molecule has 0 saturated heterocycles. The summed E-state index contributed by atoms with van der Waals surface area (Å²) in [6.45, 7) is 0. The lowest BCUT2D eigenvalue weighted by molar-refractivity contribution is 0.523. The lowest BCUT2D eigenvalue weighted by atomic mass is 10.7. The lowest BCUT2D eigenvalue weighted by Crippen LogP contribution is -1.76. The number of hydrogen-bond donors (Lipinski definition) is 0. The average Bonchev–Trinajstić information content (AvgIpc) is 2.14. The number of hydrogen-bond acceptors (Lipinski definition) is 3. The summed E-state index contributed by atoms with van der Waals surface area (Å²) in [5.41, 5.74) is 0. The van der Waals surface area contributed by atoms with Crippen LogP contribution >= 0.6 is 30.6 Å². The van der Waals surface area contributed by atoms with Gasteiger partial charge in [0.1, 0.15) is 4.62 Å². The number of thiophene rings is 1. The van der Waals surface area contributed by atoms with Gasteiger partial charge in [-0.05, 0) is 12.1 Å². The first-order valence-electron chi connectivity index (χ1n) is 2.10. The van der Waals surface area contributed by atoms with Gasteiger partial charge in [-0.25, -0.2) is 9.13 Å². The van der Waals surface area contributed by atoms with Gasteiger partial charge in [-0.1, -0.05) is 11.6 Å². The van der Waals surface area contributed by atoms with Crippen molar-refractivity contribution in [3.05, 3.63) is 16.5 Å². The molecule has 1 aromatic heterocycles. The summed E-state index contributed by atoms with van der Waals surface area (Å²) in [6.07, 6.45) is 0. The minimum Gasteiger partial charge on any atom is -0.231 e. The maximum Gasteiger partial charge on any atom is 0.358 e. The first kappa shape index (κ1) is 7.00. The Balaban J connectivity index is 3.12. The van der Waals surface area contributed by atoms with Crippen molar-refractivity contribution in [1.29, 1.82) is 0 Å². The highest BCUT2D eigenvalue weighted by atomic mass is 35.5. The maximum absolute atomic E-state index is 10.2. The van der Waals surface area contributed by atoms with E-state index >= 15 is 0 Å². The van der Waals surface area contributed by atoms with Crippen LogP contribution in [0.4, 0.5) is 0 Å². The first-order chi connectivity index (χ1) is 4.20. The van der Waals surface area contributed by atoms with E-state index < -0.39 is 7.68 Å². The molecule has 0 aliphatic carbocycles.